The van der Waals surface area contributed by atoms with Crippen LogP contribution in [-0.2, 0) is 0 Å². The molecule has 0 aliphatic heterocycles. The smallest absolute Gasteiger partial charge is 0.0739 e. The molecule has 0 spiro atoms. The lowest BCUT2D eigenvalue weighted by atomic mass is 10.2. The van der Waals surface area contributed by atoms with E-state index in [-0.39, 0.29) is 6.61 Å². The Bertz CT molecular complexity index is 305. The Morgan fingerprint density at radius 1 is 1.27 bits per heavy atom. The van der Waals surface area contributed by atoms with Gasteiger partial charge in [0, 0.05) is 13.2 Å². The third-order valence-corrected chi connectivity index (χ3v) is 2.53. The number of halogens is 1. The van der Waals surface area contributed by atoms with Crippen LogP contribution in [0, 0.1) is 0 Å². The summed E-state index contributed by atoms with van der Waals surface area (Å²) < 4.78 is 0. The van der Waals surface area contributed by atoms with Crippen molar-refractivity contribution in [1.29, 1.82) is 0 Å². The second kappa shape index (κ2) is 6.53. The molecule has 0 atom stereocenters. The van der Waals surface area contributed by atoms with Gasteiger partial charge in [0.2, 0.25) is 0 Å². The zero-order chi connectivity index (χ0) is 11.1. The lowest BCUT2D eigenvalue weighted by Gasteiger charge is -2.09. The van der Waals surface area contributed by atoms with Crippen LogP contribution in [0.4, 0.5) is 11.4 Å². The van der Waals surface area contributed by atoms with E-state index in [4.69, 9.17) is 22.4 Å². The number of unbranched alkanes of at least 4 members (excludes halogenated alkanes) is 2. The van der Waals surface area contributed by atoms with Crippen molar-refractivity contribution in [3.8, 4) is 0 Å². The fourth-order valence-corrected chi connectivity index (χ4v) is 1.50. The van der Waals surface area contributed by atoms with E-state index >= 15 is 0 Å². The number of aliphatic hydroxyl groups is 1. The van der Waals surface area contributed by atoms with Crippen LogP contribution < -0.4 is 11.1 Å². The van der Waals surface area contributed by atoms with Gasteiger partial charge in [0.15, 0.2) is 0 Å². The molecule has 84 valence electrons. The highest BCUT2D eigenvalue weighted by atomic mass is 35.5. The first-order chi connectivity index (χ1) is 7.25. The van der Waals surface area contributed by atoms with E-state index < -0.39 is 0 Å². The Morgan fingerprint density at radius 2 is 2.07 bits per heavy atom. The number of nitrogens with one attached hydrogen (secondary N) is 1. The summed E-state index contributed by atoms with van der Waals surface area (Å²) in [4.78, 5) is 0. The highest BCUT2D eigenvalue weighted by Crippen LogP contribution is 2.26. The molecule has 1 rings (SSSR count). The maximum atomic E-state index is 8.61. The molecule has 3 nitrogen and oxygen atoms in total. The summed E-state index contributed by atoms with van der Waals surface area (Å²) >= 11 is 5.88. The number of hydrogen-bond acceptors (Lipinski definition) is 3. The average Bonchev–Trinajstić information content (AvgIpc) is 2.24. The molecule has 0 bridgehead atoms. The molecule has 15 heavy (non-hydrogen) atoms. The van der Waals surface area contributed by atoms with E-state index in [9.17, 15) is 0 Å². The van der Waals surface area contributed by atoms with Crippen LogP contribution in [-0.4, -0.2) is 18.3 Å². The van der Waals surface area contributed by atoms with Crippen molar-refractivity contribution in [2.75, 3.05) is 24.2 Å². The highest BCUT2D eigenvalue weighted by Gasteiger charge is 2.01. The number of anilines is 2. The van der Waals surface area contributed by atoms with Crippen molar-refractivity contribution < 1.29 is 5.11 Å². The van der Waals surface area contributed by atoms with Crippen molar-refractivity contribution in [2.24, 2.45) is 0 Å². The van der Waals surface area contributed by atoms with Gasteiger partial charge in [-0.2, -0.15) is 0 Å². The Balaban J connectivity index is 2.34. The zero-order valence-electron chi connectivity index (χ0n) is 8.67. The average molecular weight is 229 g/mol. The first-order valence-electron chi connectivity index (χ1n) is 5.14. The topological polar surface area (TPSA) is 58.3 Å². The quantitative estimate of drug-likeness (QED) is 0.518. The van der Waals surface area contributed by atoms with Gasteiger partial charge >= 0.3 is 0 Å². The summed E-state index contributed by atoms with van der Waals surface area (Å²) in [6.45, 7) is 1.11. The molecule has 0 saturated heterocycles. The largest absolute Gasteiger partial charge is 0.396 e. The number of para-hydroxylation sites is 1. The molecular formula is C11H17ClN2O. The van der Waals surface area contributed by atoms with Crippen LogP contribution in [0.3, 0.4) is 0 Å². The Morgan fingerprint density at radius 3 is 2.80 bits per heavy atom. The lowest BCUT2D eigenvalue weighted by molar-refractivity contribution is 0.283. The minimum Gasteiger partial charge on any atom is -0.396 e. The van der Waals surface area contributed by atoms with Crippen LogP contribution in [0.5, 0.6) is 0 Å². The molecule has 0 fully saturated rings. The molecular weight excluding hydrogens is 212 g/mol. The van der Waals surface area contributed by atoms with Crippen LogP contribution in [0.2, 0.25) is 5.02 Å². The van der Waals surface area contributed by atoms with Gasteiger partial charge in [0.25, 0.3) is 0 Å². The fraction of sp³-hybridized carbons (Fsp3) is 0.455. The number of nitrogens with two attached hydrogens (primary N) is 1. The summed E-state index contributed by atoms with van der Waals surface area (Å²) in [6.07, 6.45) is 2.89. The summed E-state index contributed by atoms with van der Waals surface area (Å²) in [5, 5.41) is 12.4. The van der Waals surface area contributed by atoms with Gasteiger partial charge in [0.05, 0.1) is 16.4 Å². The number of benzene rings is 1. The van der Waals surface area contributed by atoms with E-state index in [1.807, 2.05) is 12.1 Å². The first-order valence-corrected chi connectivity index (χ1v) is 5.52. The monoisotopic (exact) mass is 228 g/mol. The Hall–Kier alpha value is -0.930. The van der Waals surface area contributed by atoms with Crippen LogP contribution >= 0.6 is 11.6 Å². The van der Waals surface area contributed by atoms with Gasteiger partial charge in [-0.25, -0.2) is 0 Å². The molecule has 4 N–H and O–H groups in total. The fourth-order valence-electron chi connectivity index (χ4n) is 1.33. The van der Waals surface area contributed by atoms with Crippen LogP contribution in [0.25, 0.3) is 0 Å². The van der Waals surface area contributed by atoms with E-state index in [0.717, 1.165) is 31.5 Å². The SMILES string of the molecule is Nc1c(Cl)cccc1NCCCCCO. The van der Waals surface area contributed by atoms with Crippen LogP contribution in [0.15, 0.2) is 18.2 Å². The molecule has 0 unspecified atom stereocenters. The maximum absolute atomic E-state index is 8.61. The summed E-state index contributed by atoms with van der Waals surface area (Å²) in [5.41, 5.74) is 7.27. The van der Waals surface area contributed by atoms with Gasteiger partial charge in [-0.15, -0.1) is 0 Å². The predicted molar refractivity (Wildman–Crippen MR) is 65.3 cm³/mol. The summed E-state index contributed by atoms with van der Waals surface area (Å²) in [7, 11) is 0. The lowest BCUT2D eigenvalue weighted by Crippen LogP contribution is -2.04. The van der Waals surface area contributed by atoms with Gasteiger partial charge in [0.1, 0.15) is 0 Å². The van der Waals surface area contributed by atoms with E-state index in [1.54, 1.807) is 6.07 Å². The van der Waals surface area contributed by atoms with Crippen molar-refractivity contribution in [1.82, 2.24) is 0 Å². The van der Waals surface area contributed by atoms with Gasteiger partial charge in [-0.1, -0.05) is 17.7 Å². The highest BCUT2D eigenvalue weighted by molar-refractivity contribution is 6.33. The summed E-state index contributed by atoms with van der Waals surface area (Å²) in [5.74, 6) is 0. The van der Waals surface area contributed by atoms with Crippen molar-refractivity contribution in [3.05, 3.63) is 23.2 Å². The molecule has 0 saturated carbocycles. The molecule has 1 aromatic carbocycles. The minimum atomic E-state index is 0.263. The van der Waals surface area contributed by atoms with E-state index in [1.165, 1.54) is 0 Å². The normalized spacial score (nSPS) is 10.3. The third-order valence-electron chi connectivity index (χ3n) is 2.20. The molecule has 0 amide bonds. The third kappa shape index (κ3) is 3.98. The van der Waals surface area contributed by atoms with Gasteiger partial charge in [-0.05, 0) is 31.4 Å². The van der Waals surface area contributed by atoms with E-state index in [2.05, 4.69) is 5.32 Å². The maximum Gasteiger partial charge on any atom is 0.0739 e. The molecule has 0 heterocycles. The van der Waals surface area contributed by atoms with Crippen molar-refractivity contribution in [2.45, 2.75) is 19.3 Å². The number of rotatable bonds is 6. The molecule has 0 radical (unpaired) electrons. The second-order valence-corrected chi connectivity index (χ2v) is 3.82. The standard InChI is InChI=1S/C11H17ClN2O/c12-9-5-4-6-10(11(9)13)14-7-2-1-3-8-15/h4-6,14-15H,1-3,7-8,13H2. The van der Waals surface area contributed by atoms with Crippen LogP contribution in [0.1, 0.15) is 19.3 Å². The van der Waals surface area contributed by atoms with E-state index in [0.29, 0.717) is 10.7 Å². The van der Waals surface area contributed by atoms with Gasteiger partial charge in [-0.3, -0.25) is 0 Å². The molecule has 0 aliphatic carbocycles. The predicted octanol–water partition coefficient (Wildman–Crippen LogP) is 2.50. The molecule has 0 aliphatic rings. The van der Waals surface area contributed by atoms with Gasteiger partial charge < -0.3 is 16.2 Å². The molecule has 1 aromatic rings. The summed E-state index contributed by atoms with van der Waals surface area (Å²) in [6, 6.07) is 5.55. The molecule has 0 aromatic heterocycles. The number of aliphatic hydroxyl groups excluding tert-OH is 1. The number of hydrogen-bond donors (Lipinski definition) is 3. The number of nitrogen functional groups attached to an aromatic ring is 1. The Kier molecular flexibility index (Phi) is 5.29. The van der Waals surface area contributed by atoms with Crippen molar-refractivity contribution in [3.63, 3.8) is 0 Å². The van der Waals surface area contributed by atoms with Crippen molar-refractivity contribution >= 4 is 23.0 Å². The zero-order valence-corrected chi connectivity index (χ0v) is 9.43. The molecule has 4 heteroatoms. The Labute approximate surface area is 95.2 Å². The minimum absolute atomic E-state index is 0.263. The second-order valence-electron chi connectivity index (χ2n) is 3.41. The first kappa shape index (κ1) is 12.1.